The molecule has 1 aliphatic heterocycles. The van der Waals surface area contributed by atoms with E-state index in [1.54, 1.807) is 19.2 Å². The maximum absolute atomic E-state index is 13.1. The summed E-state index contributed by atoms with van der Waals surface area (Å²) < 4.78 is 18.2. The van der Waals surface area contributed by atoms with Gasteiger partial charge in [-0.05, 0) is 68.6 Å². The third kappa shape index (κ3) is 5.38. The van der Waals surface area contributed by atoms with Gasteiger partial charge in [-0.15, -0.1) is 0 Å². The number of hydrogen-bond acceptors (Lipinski definition) is 3. The Bertz CT molecular complexity index is 431. The van der Waals surface area contributed by atoms with Crippen molar-refractivity contribution in [2.45, 2.75) is 26.3 Å². The van der Waals surface area contributed by atoms with Gasteiger partial charge in [0.25, 0.3) is 0 Å². The molecule has 0 spiro atoms. The smallest absolute Gasteiger partial charge is 0.123 e. The summed E-state index contributed by atoms with van der Waals surface area (Å²) in [6.45, 7) is 8.00. The summed E-state index contributed by atoms with van der Waals surface area (Å²) in [5.74, 6) is 0.629. The van der Waals surface area contributed by atoms with Gasteiger partial charge in [0.1, 0.15) is 5.82 Å². The zero-order valence-corrected chi connectivity index (χ0v) is 13.2. The van der Waals surface area contributed by atoms with Crippen LogP contribution in [0.15, 0.2) is 18.2 Å². The number of ether oxygens (including phenoxy) is 1. The number of hydrogen-bond donors (Lipinski definition) is 1. The quantitative estimate of drug-likeness (QED) is 0.782. The van der Waals surface area contributed by atoms with Crippen LogP contribution in [0.3, 0.4) is 0 Å². The molecule has 21 heavy (non-hydrogen) atoms. The van der Waals surface area contributed by atoms with E-state index in [0.717, 1.165) is 50.8 Å². The standard InChI is InChI=1S/C17H27FN2O/c1-14-11-17(18)4-3-16(14)13-20-8-5-15(6-9-20)12-19-7-10-21-2/h3-4,11,15,19H,5-10,12-13H2,1-2H3. The Morgan fingerprint density at radius 2 is 2.10 bits per heavy atom. The molecule has 0 atom stereocenters. The second kappa shape index (κ2) is 8.47. The van der Waals surface area contributed by atoms with Crippen LogP contribution < -0.4 is 5.32 Å². The van der Waals surface area contributed by atoms with Crippen molar-refractivity contribution in [2.24, 2.45) is 5.92 Å². The summed E-state index contributed by atoms with van der Waals surface area (Å²) in [6.07, 6.45) is 2.47. The van der Waals surface area contributed by atoms with E-state index in [4.69, 9.17) is 4.74 Å². The lowest BCUT2D eigenvalue weighted by atomic mass is 9.96. The van der Waals surface area contributed by atoms with Crippen molar-refractivity contribution in [1.82, 2.24) is 10.2 Å². The molecular weight excluding hydrogens is 267 g/mol. The van der Waals surface area contributed by atoms with Crippen molar-refractivity contribution in [3.63, 3.8) is 0 Å². The molecule has 0 aliphatic carbocycles. The molecule has 2 rings (SSSR count). The topological polar surface area (TPSA) is 24.5 Å². The maximum atomic E-state index is 13.1. The van der Waals surface area contributed by atoms with Crippen LogP contribution in [-0.4, -0.2) is 44.8 Å². The average molecular weight is 294 g/mol. The number of aryl methyl sites for hydroxylation is 1. The highest BCUT2D eigenvalue weighted by Crippen LogP contribution is 2.20. The Morgan fingerprint density at radius 3 is 2.76 bits per heavy atom. The first-order valence-corrected chi connectivity index (χ1v) is 7.86. The number of rotatable bonds is 7. The number of benzene rings is 1. The molecule has 0 amide bonds. The van der Waals surface area contributed by atoms with Gasteiger partial charge in [0.15, 0.2) is 0 Å². The molecule has 0 saturated carbocycles. The van der Waals surface area contributed by atoms with Crippen molar-refractivity contribution in [3.05, 3.63) is 35.1 Å². The number of methoxy groups -OCH3 is 1. The van der Waals surface area contributed by atoms with Gasteiger partial charge in [-0.3, -0.25) is 4.90 Å². The normalized spacial score (nSPS) is 17.3. The summed E-state index contributed by atoms with van der Waals surface area (Å²) in [5.41, 5.74) is 2.30. The summed E-state index contributed by atoms with van der Waals surface area (Å²) in [4.78, 5) is 2.48. The largest absolute Gasteiger partial charge is 0.383 e. The van der Waals surface area contributed by atoms with Crippen molar-refractivity contribution < 1.29 is 9.13 Å². The highest BCUT2D eigenvalue weighted by Gasteiger charge is 2.19. The van der Waals surface area contributed by atoms with Crippen LogP contribution >= 0.6 is 0 Å². The van der Waals surface area contributed by atoms with Gasteiger partial charge in [0, 0.05) is 20.2 Å². The van der Waals surface area contributed by atoms with Gasteiger partial charge in [-0.1, -0.05) is 6.07 Å². The SMILES string of the molecule is COCCNCC1CCN(Cc2ccc(F)cc2C)CC1. The van der Waals surface area contributed by atoms with E-state index in [-0.39, 0.29) is 5.82 Å². The van der Waals surface area contributed by atoms with Crippen LogP contribution in [0, 0.1) is 18.7 Å². The molecule has 1 N–H and O–H groups in total. The number of likely N-dealkylation sites (tertiary alicyclic amines) is 1. The Balaban J connectivity index is 1.71. The number of nitrogens with zero attached hydrogens (tertiary/aromatic N) is 1. The molecule has 4 heteroatoms. The molecule has 1 fully saturated rings. The highest BCUT2D eigenvalue weighted by atomic mass is 19.1. The maximum Gasteiger partial charge on any atom is 0.123 e. The first-order valence-electron chi connectivity index (χ1n) is 7.86. The second-order valence-electron chi connectivity index (χ2n) is 5.99. The van der Waals surface area contributed by atoms with E-state index in [0.29, 0.717) is 0 Å². The van der Waals surface area contributed by atoms with E-state index in [1.807, 2.05) is 13.0 Å². The van der Waals surface area contributed by atoms with E-state index in [2.05, 4.69) is 10.2 Å². The van der Waals surface area contributed by atoms with Crippen molar-refractivity contribution in [3.8, 4) is 0 Å². The highest BCUT2D eigenvalue weighted by molar-refractivity contribution is 5.26. The molecule has 0 bridgehead atoms. The fraction of sp³-hybridized carbons (Fsp3) is 0.647. The summed E-state index contributed by atoms with van der Waals surface area (Å²) in [6, 6.07) is 5.11. The lowest BCUT2D eigenvalue weighted by Crippen LogP contribution is -2.37. The van der Waals surface area contributed by atoms with Crippen LogP contribution in [0.2, 0.25) is 0 Å². The fourth-order valence-electron chi connectivity index (χ4n) is 2.91. The number of piperidine rings is 1. The average Bonchev–Trinajstić information content (AvgIpc) is 2.48. The van der Waals surface area contributed by atoms with Crippen molar-refractivity contribution in [1.29, 1.82) is 0 Å². The van der Waals surface area contributed by atoms with E-state index in [1.165, 1.54) is 18.4 Å². The lowest BCUT2D eigenvalue weighted by Gasteiger charge is -2.32. The molecule has 1 aromatic carbocycles. The van der Waals surface area contributed by atoms with Crippen LogP contribution in [0.4, 0.5) is 4.39 Å². The van der Waals surface area contributed by atoms with E-state index >= 15 is 0 Å². The zero-order chi connectivity index (χ0) is 15.1. The Hall–Kier alpha value is -0.970. The van der Waals surface area contributed by atoms with Gasteiger partial charge in [-0.25, -0.2) is 4.39 Å². The second-order valence-corrected chi connectivity index (χ2v) is 5.99. The van der Waals surface area contributed by atoms with Gasteiger partial charge >= 0.3 is 0 Å². The predicted octanol–water partition coefficient (Wildman–Crippen LogP) is 2.58. The third-order valence-electron chi connectivity index (χ3n) is 4.32. The van der Waals surface area contributed by atoms with Crippen molar-refractivity contribution >= 4 is 0 Å². The van der Waals surface area contributed by atoms with Crippen LogP contribution in [0.1, 0.15) is 24.0 Å². The summed E-state index contributed by atoms with van der Waals surface area (Å²) in [7, 11) is 1.73. The van der Waals surface area contributed by atoms with Gasteiger partial charge in [0.2, 0.25) is 0 Å². The van der Waals surface area contributed by atoms with Crippen LogP contribution in [0.5, 0.6) is 0 Å². The van der Waals surface area contributed by atoms with Crippen LogP contribution in [0.25, 0.3) is 0 Å². The molecule has 0 radical (unpaired) electrons. The molecule has 1 aromatic rings. The molecule has 0 unspecified atom stereocenters. The summed E-state index contributed by atoms with van der Waals surface area (Å²) in [5, 5.41) is 3.45. The van der Waals surface area contributed by atoms with E-state index in [9.17, 15) is 4.39 Å². The molecule has 0 aromatic heterocycles. The predicted molar refractivity (Wildman–Crippen MR) is 83.9 cm³/mol. The molecule has 3 nitrogen and oxygen atoms in total. The Morgan fingerprint density at radius 1 is 1.33 bits per heavy atom. The minimum atomic E-state index is -0.142. The summed E-state index contributed by atoms with van der Waals surface area (Å²) >= 11 is 0. The molecule has 1 saturated heterocycles. The molecule has 1 heterocycles. The first kappa shape index (κ1) is 16.4. The fourth-order valence-corrected chi connectivity index (χ4v) is 2.91. The van der Waals surface area contributed by atoms with Gasteiger partial charge in [0.05, 0.1) is 6.61 Å². The molecule has 1 aliphatic rings. The Kier molecular flexibility index (Phi) is 6.61. The van der Waals surface area contributed by atoms with E-state index < -0.39 is 0 Å². The number of nitrogens with one attached hydrogen (secondary N) is 1. The molecule has 118 valence electrons. The first-order chi connectivity index (χ1) is 10.2. The number of halogens is 1. The zero-order valence-electron chi connectivity index (χ0n) is 13.2. The van der Waals surface area contributed by atoms with Crippen molar-refractivity contribution in [2.75, 3.05) is 39.9 Å². The third-order valence-corrected chi connectivity index (χ3v) is 4.32. The molecular formula is C17H27FN2O. The Labute approximate surface area is 127 Å². The monoisotopic (exact) mass is 294 g/mol. The minimum absolute atomic E-state index is 0.142. The van der Waals surface area contributed by atoms with Gasteiger partial charge < -0.3 is 10.1 Å². The lowest BCUT2D eigenvalue weighted by molar-refractivity contribution is 0.168. The minimum Gasteiger partial charge on any atom is -0.383 e. The van der Waals surface area contributed by atoms with Gasteiger partial charge in [-0.2, -0.15) is 0 Å². The van der Waals surface area contributed by atoms with Crippen LogP contribution in [-0.2, 0) is 11.3 Å².